The van der Waals surface area contributed by atoms with E-state index in [1.807, 2.05) is 44.2 Å². The highest BCUT2D eigenvalue weighted by molar-refractivity contribution is 5.55. The molecule has 0 saturated carbocycles. The highest BCUT2D eigenvalue weighted by atomic mass is 16.5. The number of amides is 1. The maximum atomic E-state index is 9.99. The second-order valence-corrected chi connectivity index (χ2v) is 3.35. The fraction of sp³-hybridized carbons (Fsp3) is 0.250. The van der Waals surface area contributed by atoms with E-state index >= 15 is 0 Å². The van der Waals surface area contributed by atoms with Crippen LogP contribution in [0.5, 0.6) is 5.75 Å². The molecular formula is C12H15NO2. The minimum atomic E-state index is 0.183. The number of ether oxygens (including phenoxy) is 1. The summed E-state index contributed by atoms with van der Waals surface area (Å²) in [5.41, 5.74) is 1.01. The molecule has 0 aliphatic heterocycles. The monoisotopic (exact) mass is 205 g/mol. The smallest absolute Gasteiger partial charge is 0.211 e. The van der Waals surface area contributed by atoms with Gasteiger partial charge in [0.15, 0.2) is 0 Å². The molecule has 0 heterocycles. The molecule has 0 aromatic heterocycles. The zero-order chi connectivity index (χ0) is 11.1. The van der Waals surface area contributed by atoms with Crippen LogP contribution < -0.4 is 10.1 Å². The molecular weight excluding hydrogens is 190 g/mol. The molecule has 1 rings (SSSR count). The minimum Gasteiger partial charge on any atom is -0.491 e. The van der Waals surface area contributed by atoms with Gasteiger partial charge in [-0.2, -0.15) is 0 Å². The van der Waals surface area contributed by atoms with E-state index in [4.69, 9.17) is 4.74 Å². The Labute approximate surface area is 89.8 Å². The van der Waals surface area contributed by atoms with Gasteiger partial charge < -0.3 is 10.1 Å². The zero-order valence-electron chi connectivity index (χ0n) is 8.94. The summed E-state index contributed by atoms with van der Waals surface area (Å²) >= 11 is 0. The lowest BCUT2D eigenvalue weighted by Gasteiger charge is -2.09. The van der Waals surface area contributed by atoms with Gasteiger partial charge >= 0.3 is 0 Å². The Morgan fingerprint density at radius 2 is 1.93 bits per heavy atom. The molecule has 3 heteroatoms. The van der Waals surface area contributed by atoms with Gasteiger partial charge in [-0.3, -0.25) is 4.79 Å². The molecule has 0 unspecified atom stereocenters. The van der Waals surface area contributed by atoms with Crippen molar-refractivity contribution in [1.82, 2.24) is 5.32 Å². The molecule has 1 aromatic rings. The average molecular weight is 205 g/mol. The van der Waals surface area contributed by atoms with Gasteiger partial charge in [0.05, 0.1) is 6.10 Å². The fourth-order valence-corrected chi connectivity index (χ4v) is 1.11. The summed E-state index contributed by atoms with van der Waals surface area (Å²) in [5.74, 6) is 0.852. The van der Waals surface area contributed by atoms with Crippen molar-refractivity contribution in [2.24, 2.45) is 0 Å². The van der Waals surface area contributed by atoms with E-state index in [-0.39, 0.29) is 6.10 Å². The number of hydrogen-bond acceptors (Lipinski definition) is 2. The first-order chi connectivity index (χ1) is 7.22. The van der Waals surface area contributed by atoms with Crippen LogP contribution in [0.25, 0.3) is 6.08 Å². The Bertz CT molecular complexity index is 328. The van der Waals surface area contributed by atoms with Crippen LogP contribution in [0.1, 0.15) is 19.4 Å². The van der Waals surface area contributed by atoms with Crippen LogP contribution in [-0.2, 0) is 4.79 Å². The molecule has 1 amide bonds. The van der Waals surface area contributed by atoms with E-state index in [0.29, 0.717) is 6.41 Å². The van der Waals surface area contributed by atoms with Crippen LogP contribution in [0.4, 0.5) is 0 Å². The Hall–Kier alpha value is -1.77. The summed E-state index contributed by atoms with van der Waals surface area (Å²) in [6, 6.07) is 7.67. The van der Waals surface area contributed by atoms with Gasteiger partial charge in [0.1, 0.15) is 5.75 Å². The second kappa shape index (κ2) is 5.86. The largest absolute Gasteiger partial charge is 0.491 e. The maximum absolute atomic E-state index is 9.99. The van der Waals surface area contributed by atoms with Gasteiger partial charge in [0.25, 0.3) is 0 Å². The lowest BCUT2D eigenvalue weighted by molar-refractivity contribution is -0.108. The summed E-state index contributed by atoms with van der Waals surface area (Å²) in [6.07, 6.45) is 4.22. The predicted octanol–water partition coefficient (Wildman–Crippen LogP) is 2.19. The molecule has 0 saturated heterocycles. The first-order valence-electron chi connectivity index (χ1n) is 4.85. The Balaban J connectivity index is 2.59. The Morgan fingerprint density at radius 1 is 1.27 bits per heavy atom. The van der Waals surface area contributed by atoms with E-state index in [9.17, 15) is 4.79 Å². The predicted molar refractivity (Wildman–Crippen MR) is 60.4 cm³/mol. The van der Waals surface area contributed by atoms with E-state index in [1.165, 1.54) is 0 Å². The molecule has 0 radical (unpaired) electrons. The second-order valence-electron chi connectivity index (χ2n) is 3.35. The molecule has 3 nitrogen and oxygen atoms in total. The molecule has 0 spiro atoms. The Kier molecular flexibility index (Phi) is 4.41. The molecule has 1 N–H and O–H groups in total. The summed E-state index contributed by atoms with van der Waals surface area (Å²) in [4.78, 5) is 9.99. The molecule has 0 bridgehead atoms. The van der Waals surface area contributed by atoms with Gasteiger partial charge in [-0.25, -0.2) is 0 Å². The summed E-state index contributed by atoms with van der Waals surface area (Å²) < 4.78 is 5.50. The van der Waals surface area contributed by atoms with Crippen LogP contribution in [-0.4, -0.2) is 12.5 Å². The highest BCUT2D eigenvalue weighted by Crippen LogP contribution is 2.14. The summed E-state index contributed by atoms with van der Waals surface area (Å²) in [5, 5.41) is 2.45. The lowest BCUT2D eigenvalue weighted by atomic mass is 10.2. The molecule has 0 atom stereocenters. The van der Waals surface area contributed by atoms with Crippen molar-refractivity contribution in [3.05, 3.63) is 36.0 Å². The summed E-state index contributed by atoms with van der Waals surface area (Å²) in [7, 11) is 0. The van der Waals surface area contributed by atoms with E-state index in [0.717, 1.165) is 11.3 Å². The minimum absolute atomic E-state index is 0.183. The van der Waals surface area contributed by atoms with Crippen molar-refractivity contribution < 1.29 is 9.53 Å². The molecule has 80 valence electrons. The number of rotatable bonds is 5. The maximum Gasteiger partial charge on any atom is 0.211 e. The van der Waals surface area contributed by atoms with Gasteiger partial charge in [0.2, 0.25) is 6.41 Å². The number of benzene rings is 1. The normalized spacial score (nSPS) is 10.6. The highest BCUT2D eigenvalue weighted by Gasteiger charge is 1.95. The van der Waals surface area contributed by atoms with Gasteiger partial charge in [-0.15, -0.1) is 0 Å². The molecule has 0 aliphatic rings. The third kappa shape index (κ3) is 4.31. The van der Waals surface area contributed by atoms with Crippen LogP contribution in [0.3, 0.4) is 0 Å². The van der Waals surface area contributed by atoms with Crippen molar-refractivity contribution in [3.63, 3.8) is 0 Å². The van der Waals surface area contributed by atoms with Crippen molar-refractivity contribution in [3.8, 4) is 5.75 Å². The lowest BCUT2D eigenvalue weighted by Crippen LogP contribution is -2.05. The molecule has 15 heavy (non-hydrogen) atoms. The first kappa shape index (κ1) is 11.3. The number of hydrogen-bond donors (Lipinski definition) is 1. The first-order valence-corrected chi connectivity index (χ1v) is 4.85. The van der Waals surface area contributed by atoms with Crippen molar-refractivity contribution in [1.29, 1.82) is 0 Å². The summed E-state index contributed by atoms with van der Waals surface area (Å²) in [6.45, 7) is 3.98. The Morgan fingerprint density at radius 3 is 2.47 bits per heavy atom. The van der Waals surface area contributed by atoms with Gasteiger partial charge in [-0.05, 0) is 37.6 Å². The van der Waals surface area contributed by atoms with Crippen molar-refractivity contribution in [2.75, 3.05) is 0 Å². The fourth-order valence-electron chi connectivity index (χ4n) is 1.11. The van der Waals surface area contributed by atoms with Crippen molar-refractivity contribution in [2.45, 2.75) is 20.0 Å². The number of carbonyl (C=O) groups is 1. The van der Waals surface area contributed by atoms with E-state index in [1.54, 1.807) is 6.20 Å². The molecule has 1 aromatic carbocycles. The third-order valence-electron chi connectivity index (χ3n) is 1.69. The number of nitrogens with one attached hydrogen (secondary N) is 1. The SMILES string of the molecule is CC(C)Oc1ccc(/C=C/NC=O)cc1. The topological polar surface area (TPSA) is 38.3 Å². The zero-order valence-corrected chi connectivity index (χ0v) is 8.94. The van der Waals surface area contributed by atoms with Crippen molar-refractivity contribution >= 4 is 12.5 Å². The molecule has 0 aliphatic carbocycles. The van der Waals surface area contributed by atoms with Crippen LogP contribution in [0.15, 0.2) is 30.5 Å². The third-order valence-corrected chi connectivity index (χ3v) is 1.69. The average Bonchev–Trinajstić information content (AvgIpc) is 2.20. The van der Waals surface area contributed by atoms with E-state index < -0.39 is 0 Å². The van der Waals surface area contributed by atoms with Crippen LogP contribution >= 0.6 is 0 Å². The quantitative estimate of drug-likeness (QED) is 0.748. The number of carbonyl (C=O) groups excluding carboxylic acids is 1. The molecule has 0 fully saturated rings. The van der Waals surface area contributed by atoms with Crippen LogP contribution in [0.2, 0.25) is 0 Å². The standard InChI is InChI=1S/C12H15NO2/c1-10(2)15-12-5-3-11(4-6-12)7-8-13-9-14/h3-10H,1-2H3,(H,13,14)/b8-7+. The van der Waals surface area contributed by atoms with Gasteiger partial charge in [-0.1, -0.05) is 12.1 Å². The van der Waals surface area contributed by atoms with Gasteiger partial charge in [0, 0.05) is 6.20 Å². The van der Waals surface area contributed by atoms with E-state index in [2.05, 4.69) is 5.32 Å². The van der Waals surface area contributed by atoms with Crippen LogP contribution in [0, 0.1) is 0 Å².